The minimum Gasteiger partial charge on any atom is -0.490 e. The number of carbonyl (C=O) groups excluding carboxylic acids is 3. The van der Waals surface area contributed by atoms with E-state index in [0.717, 1.165) is 35.3 Å². The zero-order valence-corrected chi connectivity index (χ0v) is 20.2. The molecule has 1 N–H and O–H groups in total. The molecule has 1 aliphatic carbocycles. The first-order valence-electron chi connectivity index (χ1n) is 11.9. The molecule has 33 heavy (non-hydrogen) atoms. The topological polar surface area (TPSA) is 84.9 Å². The van der Waals surface area contributed by atoms with E-state index in [9.17, 15) is 14.4 Å². The largest absolute Gasteiger partial charge is 0.490 e. The molecular weight excluding hydrogens is 420 g/mol. The highest BCUT2D eigenvalue weighted by Gasteiger charge is 2.28. The Kier molecular flexibility index (Phi) is 8.53. The van der Waals surface area contributed by atoms with E-state index in [2.05, 4.69) is 23.9 Å². The van der Waals surface area contributed by atoms with E-state index in [-0.39, 0.29) is 17.7 Å². The molecule has 0 unspecified atom stereocenters. The van der Waals surface area contributed by atoms with Crippen LogP contribution in [-0.4, -0.2) is 55.0 Å². The van der Waals surface area contributed by atoms with Crippen molar-refractivity contribution < 1.29 is 23.9 Å². The van der Waals surface area contributed by atoms with Crippen molar-refractivity contribution in [2.75, 3.05) is 20.2 Å². The van der Waals surface area contributed by atoms with Gasteiger partial charge in [0.25, 0.3) is 0 Å². The lowest BCUT2D eigenvalue weighted by molar-refractivity contribution is -0.145. The van der Waals surface area contributed by atoms with Crippen molar-refractivity contribution in [3.05, 3.63) is 34.9 Å². The monoisotopic (exact) mass is 456 g/mol. The molecule has 180 valence electrons. The number of esters is 1. The summed E-state index contributed by atoms with van der Waals surface area (Å²) in [5.41, 5.74) is 3.24. The van der Waals surface area contributed by atoms with Gasteiger partial charge < -0.3 is 19.7 Å². The molecule has 1 heterocycles. The van der Waals surface area contributed by atoms with Gasteiger partial charge >= 0.3 is 5.97 Å². The highest BCUT2D eigenvalue weighted by Crippen LogP contribution is 2.30. The van der Waals surface area contributed by atoms with Gasteiger partial charge in [-0.2, -0.15) is 0 Å². The van der Waals surface area contributed by atoms with Crippen molar-refractivity contribution in [1.29, 1.82) is 0 Å². The van der Waals surface area contributed by atoms with Gasteiger partial charge in [0.1, 0.15) is 11.8 Å². The smallest absolute Gasteiger partial charge is 0.328 e. The average molecular weight is 457 g/mol. The Labute approximate surface area is 196 Å². The zero-order valence-electron chi connectivity index (χ0n) is 20.2. The number of hydrogen-bond donors (Lipinski definition) is 1. The minimum atomic E-state index is -0.674. The Morgan fingerprint density at radius 1 is 1.06 bits per heavy atom. The maximum atomic E-state index is 12.7. The van der Waals surface area contributed by atoms with Crippen LogP contribution < -0.4 is 10.1 Å². The summed E-state index contributed by atoms with van der Waals surface area (Å²) in [4.78, 5) is 38.3. The lowest BCUT2D eigenvalue weighted by atomic mass is 9.95. The van der Waals surface area contributed by atoms with E-state index in [1.165, 1.54) is 20.0 Å². The van der Waals surface area contributed by atoms with E-state index in [4.69, 9.17) is 4.74 Å². The number of nitrogens with zero attached hydrogens (tertiary/aromatic N) is 1. The minimum absolute atomic E-state index is 0.0554. The van der Waals surface area contributed by atoms with Gasteiger partial charge in [-0.15, -0.1) is 0 Å². The lowest BCUT2D eigenvalue weighted by Gasteiger charge is -2.31. The summed E-state index contributed by atoms with van der Waals surface area (Å²) in [5.74, 6) is 0.0404. The van der Waals surface area contributed by atoms with Crippen LogP contribution in [0.15, 0.2) is 18.2 Å². The molecule has 0 bridgehead atoms. The fraction of sp³-hybridized carbons (Fsp3) is 0.577. The molecule has 0 spiro atoms. The second-order valence-electron chi connectivity index (χ2n) is 9.11. The Balaban J connectivity index is 1.52. The van der Waals surface area contributed by atoms with E-state index in [1.807, 2.05) is 18.2 Å². The van der Waals surface area contributed by atoms with Gasteiger partial charge in [-0.25, -0.2) is 4.79 Å². The SMILES string of the molecule is COC(=O)[C@H](C)NC(=O)C1CCN(C(=O)/C=C/c2ccc(OC3CCCC3)c(C)c2C)CC1. The highest BCUT2D eigenvalue weighted by molar-refractivity contribution is 5.92. The number of piperidine rings is 1. The molecule has 2 aliphatic rings. The van der Waals surface area contributed by atoms with Crippen LogP contribution in [0, 0.1) is 19.8 Å². The highest BCUT2D eigenvalue weighted by atomic mass is 16.5. The third kappa shape index (κ3) is 6.36. The summed E-state index contributed by atoms with van der Waals surface area (Å²) in [5, 5.41) is 2.69. The maximum Gasteiger partial charge on any atom is 0.328 e. The lowest BCUT2D eigenvalue weighted by Crippen LogP contribution is -2.46. The summed E-state index contributed by atoms with van der Waals surface area (Å²) in [6.07, 6.45) is 9.66. The number of hydrogen-bond acceptors (Lipinski definition) is 5. The number of methoxy groups -OCH3 is 1. The number of likely N-dealkylation sites (tertiary alicyclic amines) is 1. The van der Waals surface area contributed by atoms with Gasteiger partial charge in [0.2, 0.25) is 11.8 Å². The van der Waals surface area contributed by atoms with Crippen LogP contribution in [0.25, 0.3) is 6.08 Å². The first kappa shape index (κ1) is 24.8. The predicted octanol–water partition coefficient (Wildman–Crippen LogP) is 3.55. The molecule has 1 aromatic rings. The van der Waals surface area contributed by atoms with Gasteiger partial charge in [-0.3, -0.25) is 9.59 Å². The number of benzene rings is 1. The van der Waals surface area contributed by atoms with Crippen LogP contribution >= 0.6 is 0 Å². The van der Waals surface area contributed by atoms with Gasteiger partial charge in [-0.05, 0) is 88.1 Å². The van der Waals surface area contributed by atoms with Gasteiger partial charge in [0, 0.05) is 25.1 Å². The first-order valence-corrected chi connectivity index (χ1v) is 11.9. The molecule has 2 amide bonds. The molecule has 3 rings (SSSR count). The molecule has 1 saturated heterocycles. The molecule has 1 aromatic carbocycles. The summed E-state index contributed by atoms with van der Waals surface area (Å²) in [6.45, 7) is 6.75. The molecule has 1 atom stereocenters. The van der Waals surface area contributed by atoms with Gasteiger partial charge in [0.15, 0.2) is 0 Å². The van der Waals surface area contributed by atoms with Gasteiger partial charge in [-0.1, -0.05) is 6.07 Å². The molecule has 1 aliphatic heterocycles. The number of ether oxygens (including phenoxy) is 2. The standard InChI is InChI=1S/C26H36N2O5/c1-17-18(2)23(33-22-7-5-6-8-22)11-9-20(17)10-12-24(29)28-15-13-21(14-16-28)25(30)27-19(3)26(31)32-4/h9-12,19,21-22H,5-8,13-16H2,1-4H3,(H,27,30)/b12-10+/t19-/m0/s1. The fourth-order valence-corrected chi connectivity index (χ4v) is 4.51. The molecule has 7 heteroatoms. The molecule has 2 fully saturated rings. The Morgan fingerprint density at radius 2 is 1.73 bits per heavy atom. The van der Waals surface area contributed by atoms with Crippen LogP contribution in [0.3, 0.4) is 0 Å². The average Bonchev–Trinajstić information content (AvgIpc) is 3.34. The number of amides is 2. The Morgan fingerprint density at radius 3 is 2.36 bits per heavy atom. The Hall–Kier alpha value is -2.83. The van der Waals surface area contributed by atoms with Gasteiger partial charge in [0.05, 0.1) is 13.2 Å². The van der Waals surface area contributed by atoms with Crippen molar-refractivity contribution in [2.24, 2.45) is 5.92 Å². The van der Waals surface area contributed by atoms with E-state index in [1.54, 1.807) is 17.9 Å². The second kappa shape index (κ2) is 11.3. The number of nitrogens with one attached hydrogen (secondary N) is 1. The normalized spacial score (nSPS) is 18.4. The van der Waals surface area contributed by atoms with Crippen LogP contribution in [0.4, 0.5) is 0 Å². The third-order valence-electron chi connectivity index (χ3n) is 6.87. The molecule has 1 saturated carbocycles. The molecular formula is C26H36N2O5. The summed E-state index contributed by atoms with van der Waals surface area (Å²) in [6, 6.07) is 3.34. The first-order chi connectivity index (χ1) is 15.8. The van der Waals surface area contributed by atoms with E-state index < -0.39 is 12.0 Å². The molecule has 0 radical (unpaired) electrons. The fourth-order valence-electron chi connectivity index (χ4n) is 4.51. The van der Waals surface area contributed by atoms with Crippen molar-refractivity contribution in [2.45, 2.75) is 71.4 Å². The van der Waals surface area contributed by atoms with Crippen LogP contribution in [0.5, 0.6) is 5.75 Å². The summed E-state index contributed by atoms with van der Waals surface area (Å²) >= 11 is 0. The van der Waals surface area contributed by atoms with E-state index in [0.29, 0.717) is 32.0 Å². The zero-order chi connectivity index (χ0) is 24.0. The quantitative estimate of drug-likeness (QED) is 0.501. The van der Waals surface area contributed by atoms with Crippen LogP contribution in [-0.2, 0) is 19.1 Å². The summed E-state index contributed by atoms with van der Waals surface area (Å²) < 4.78 is 10.8. The summed E-state index contributed by atoms with van der Waals surface area (Å²) in [7, 11) is 1.30. The van der Waals surface area contributed by atoms with E-state index >= 15 is 0 Å². The van der Waals surface area contributed by atoms with Crippen molar-refractivity contribution in [3.8, 4) is 5.75 Å². The Bertz CT molecular complexity index is 896. The number of carbonyl (C=O) groups is 3. The second-order valence-corrected chi connectivity index (χ2v) is 9.11. The maximum absolute atomic E-state index is 12.7. The molecule has 7 nitrogen and oxygen atoms in total. The van der Waals surface area contributed by atoms with Crippen molar-refractivity contribution in [3.63, 3.8) is 0 Å². The van der Waals surface area contributed by atoms with Crippen LogP contribution in [0.1, 0.15) is 62.1 Å². The van der Waals surface area contributed by atoms with Crippen LogP contribution in [0.2, 0.25) is 0 Å². The third-order valence-corrected chi connectivity index (χ3v) is 6.87. The van der Waals surface area contributed by atoms with Crippen molar-refractivity contribution >= 4 is 23.9 Å². The predicted molar refractivity (Wildman–Crippen MR) is 127 cm³/mol. The molecule has 0 aromatic heterocycles. The number of rotatable bonds is 7. The van der Waals surface area contributed by atoms with Crippen molar-refractivity contribution in [1.82, 2.24) is 10.2 Å².